The van der Waals surface area contributed by atoms with Crippen LogP contribution in [0.1, 0.15) is 19.8 Å². The first-order valence-electron chi connectivity index (χ1n) is 7.75. The molecule has 0 spiro atoms. The van der Waals surface area contributed by atoms with Gasteiger partial charge in [-0.2, -0.15) is 0 Å². The maximum Gasteiger partial charge on any atom is 0.331 e. The quantitative estimate of drug-likeness (QED) is 0.365. The lowest BCUT2D eigenvalue weighted by atomic mass is 9.96. The Morgan fingerprint density at radius 2 is 2.12 bits per heavy atom. The molecular formula is C16H21NO6S. The maximum atomic E-state index is 12.7. The predicted molar refractivity (Wildman–Crippen MR) is 88.0 cm³/mol. The summed E-state index contributed by atoms with van der Waals surface area (Å²) in [6.07, 6.45) is 3.04. The van der Waals surface area contributed by atoms with Crippen LogP contribution in [0.4, 0.5) is 0 Å². The molecule has 0 fully saturated rings. The van der Waals surface area contributed by atoms with Crippen molar-refractivity contribution in [3.05, 3.63) is 22.3 Å². The molecule has 0 radical (unpaired) electrons. The lowest BCUT2D eigenvalue weighted by molar-refractivity contribution is -0.161. The van der Waals surface area contributed by atoms with Gasteiger partial charge in [0, 0.05) is 26.3 Å². The van der Waals surface area contributed by atoms with E-state index in [9.17, 15) is 14.4 Å². The molecule has 0 aromatic heterocycles. The maximum absolute atomic E-state index is 12.7. The molecule has 2 aliphatic rings. The van der Waals surface area contributed by atoms with Gasteiger partial charge in [0.1, 0.15) is 0 Å². The lowest BCUT2D eigenvalue weighted by Crippen LogP contribution is -2.38. The molecule has 0 N–H and O–H groups in total. The second-order valence-corrected chi connectivity index (χ2v) is 6.40. The minimum absolute atomic E-state index is 0.0636. The third-order valence-electron chi connectivity index (χ3n) is 3.64. The smallest absolute Gasteiger partial charge is 0.331 e. The standard InChI is InChI=1S/C16H21NO6S/c1-4-22-7-5-6-8-24-11-9-10(18)15-12(14(11)19)13(16(20)21-3)17(2)23-15/h9,13H,4-8H2,1-3H3. The molecule has 0 aromatic rings. The van der Waals surface area contributed by atoms with Gasteiger partial charge in [0.25, 0.3) is 0 Å². The fourth-order valence-electron chi connectivity index (χ4n) is 2.46. The van der Waals surface area contributed by atoms with Gasteiger partial charge in [-0.1, -0.05) is 0 Å². The summed E-state index contributed by atoms with van der Waals surface area (Å²) >= 11 is 1.31. The number of carbonyl (C=O) groups is 3. The number of thioether (sulfide) groups is 1. The van der Waals surface area contributed by atoms with E-state index in [1.54, 1.807) is 0 Å². The zero-order chi connectivity index (χ0) is 17.7. The van der Waals surface area contributed by atoms with Gasteiger partial charge in [-0.25, -0.2) is 4.79 Å². The molecular weight excluding hydrogens is 334 g/mol. The second kappa shape index (κ2) is 8.46. The van der Waals surface area contributed by atoms with Crippen LogP contribution < -0.4 is 0 Å². The number of likely N-dealkylation sites (N-methyl/N-ethyl adjacent to an activating group) is 1. The molecule has 2 rings (SSSR count). The van der Waals surface area contributed by atoms with E-state index in [0.29, 0.717) is 23.9 Å². The van der Waals surface area contributed by atoms with Crippen LogP contribution in [0.2, 0.25) is 0 Å². The summed E-state index contributed by atoms with van der Waals surface area (Å²) in [5, 5.41) is 1.18. The number of hydrogen-bond donors (Lipinski definition) is 0. The van der Waals surface area contributed by atoms with Crippen molar-refractivity contribution in [2.24, 2.45) is 0 Å². The van der Waals surface area contributed by atoms with Crippen molar-refractivity contribution in [1.82, 2.24) is 5.06 Å². The first-order chi connectivity index (χ1) is 11.5. The molecule has 1 aliphatic heterocycles. The van der Waals surface area contributed by atoms with Crippen molar-refractivity contribution < 1.29 is 28.7 Å². The van der Waals surface area contributed by atoms with Crippen molar-refractivity contribution >= 4 is 29.3 Å². The third-order valence-corrected chi connectivity index (χ3v) is 4.75. The molecule has 1 aliphatic carbocycles. The Labute approximate surface area is 144 Å². The molecule has 0 bridgehead atoms. The van der Waals surface area contributed by atoms with Crippen LogP contribution >= 0.6 is 11.8 Å². The van der Waals surface area contributed by atoms with Gasteiger partial charge in [0.2, 0.25) is 17.3 Å². The Morgan fingerprint density at radius 3 is 2.79 bits per heavy atom. The zero-order valence-corrected chi connectivity index (χ0v) is 14.8. The number of methoxy groups -OCH3 is 1. The Morgan fingerprint density at radius 1 is 1.38 bits per heavy atom. The van der Waals surface area contributed by atoms with Gasteiger partial charge in [-0.15, -0.1) is 16.8 Å². The highest BCUT2D eigenvalue weighted by atomic mass is 32.2. The summed E-state index contributed by atoms with van der Waals surface area (Å²) in [5.41, 5.74) is 0.0636. The molecule has 7 nitrogen and oxygen atoms in total. The number of hydroxylamine groups is 2. The number of rotatable bonds is 8. The van der Waals surface area contributed by atoms with Crippen molar-refractivity contribution in [3.63, 3.8) is 0 Å². The number of esters is 1. The van der Waals surface area contributed by atoms with Crippen LogP contribution in [0.25, 0.3) is 0 Å². The van der Waals surface area contributed by atoms with Crippen LogP contribution in [-0.2, 0) is 28.7 Å². The van der Waals surface area contributed by atoms with Gasteiger partial charge in [0.05, 0.1) is 17.6 Å². The summed E-state index contributed by atoms with van der Waals surface area (Å²) < 4.78 is 9.97. The van der Waals surface area contributed by atoms with E-state index in [2.05, 4.69) is 0 Å². The highest BCUT2D eigenvalue weighted by Gasteiger charge is 2.47. The Bertz CT molecular complexity index is 597. The van der Waals surface area contributed by atoms with Gasteiger partial charge in [-0.3, -0.25) is 9.59 Å². The summed E-state index contributed by atoms with van der Waals surface area (Å²) in [7, 11) is 2.72. The number of ether oxygens (including phenoxy) is 2. The van der Waals surface area contributed by atoms with Crippen LogP contribution in [0.5, 0.6) is 0 Å². The first kappa shape index (κ1) is 18.7. The normalized spacial score (nSPS) is 20.8. The highest BCUT2D eigenvalue weighted by Crippen LogP contribution is 2.36. The molecule has 1 unspecified atom stereocenters. The summed E-state index contributed by atoms with van der Waals surface area (Å²) in [6, 6.07) is -1.01. The van der Waals surface area contributed by atoms with Crippen molar-refractivity contribution in [2.45, 2.75) is 25.8 Å². The van der Waals surface area contributed by atoms with E-state index in [1.807, 2.05) is 6.92 Å². The summed E-state index contributed by atoms with van der Waals surface area (Å²) in [5.74, 6) is -0.774. The summed E-state index contributed by atoms with van der Waals surface area (Å²) in [4.78, 5) is 42.4. The van der Waals surface area contributed by atoms with E-state index in [4.69, 9.17) is 14.3 Å². The number of ketones is 2. The lowest BCUT2D eigenvalue weighted by Gasteiger charge is -2.17. The third kappa shape index (κ3) is 3.88. The minimum atomic E-state index is -1.01. The number of nitrogens with zero attached hydrogens (tertiary/aromatic N) is 1. The number of hydrogen-bond acceptors (Lipinski definition) is 8. The second-order valence-electron chi connectivity index (χ2n) is 5.26. The SMILES string of the molecule is CCOCCCCSC1=CC(=O)C2=C(C1=O)C(C(=O)OC)N(C)O2. The molecule has 8 heteroatoms. The van der Waals surface area contributed by atoms with E-state index < -0.39 is 17.8 Å². The number of Topliss-reactive ketones (excluding diaryl/α,β-unsaturated/α-hetero) is 1. The van der Waals surface area contributed by atoms with Gasteiger partial charge in [-0.05, 0) is 25.5 Å². The number of unbranched alkanes of at least 4 members (excludes halogenated alkanes) is 1. The van der Waals surface area contributed by atoms with Crippen molar-refractivity contribution in [3.8, 4) is 0 Å². The number of carbonyl (C=O) groups excluding carboxylic acids is 3. The Hall–Kier alpha value is -1.64. The van der Waals surface area contributed by atoms with Crippen LogP contribution in [0, 0.1) is 0 Å². The van der Waals surface area contributed by atoms with Gasteiger partial charge < -0.3 is 14.3 Å². The van der Waals surface area contributed by atoms with Crippen LogP contribution in [-0.4, -0.2) is 61.8 Å². The highest BCUT2D eigenvalue weighted by molar-refractivity contribution is 8.04. The first-order valence-corrected chi connectivity index (χ1v) is 8.73. The monoisotopic (exact) mass is 355 g/mol. The molecule has 0 amide bonds. The van der Waals surface area contributed by atoms with E-state index in [-0.39, 0.29) is 17.1 Å². The molecule has 0 aromatic carbocycles. The zero-order valence-electron chi connectivity index (χ0n) is 14.0. The average molecular weight is 355 g/mol. The Kier molecular flexibility index (Phi) is 6.59. The van der Waals surface area contributed by atoms with Crippen molar-refractivity contribution in [2.75, 3.05) is 33.1 Å². The van der Waals surface area contributed by atoms with Gasteiger partial charge >= 0.3 is 5.97 Å². The molecule has 0 saturated carbocycles. The summed E-state index contributed by atoms with van der Waals surface area (Å²) in [6.45, 7) is 3.31. The van der Waals surface area contributed by atoms with Crippen LogP contribution in [0.15, 0.2) is 22.3 Å². The Balaban J connectivity index is 2.02. The topological polar surface area (TPSA) is 82.1 Å². The molecule has 132 valence electrons. The average Bonchev–Trinajstić information content (AvgIpc) is 2.92. The van der Waals surface area contributed by atoms with E-state index in [0.717, 1.165) is 12.8 Å². The number of allylic oxidation sites excluding steroid dienone is 2. The van der Waals surface area contributed by atoms with Crippen molar-refractivity contribution in [1.29, 1.82) is 0 Å². The van der Waals surface area contributed by atoms with E-state index in [1.165, 1.54) is 37.1 Å². The minimum Gasteiger partial charge on any atom is -0.467 e. The van der Waals surface area contributed by atoms with E-state index >= 15 is 0 Å². The van der Waals surface area contributed by atoms with Crippen LogP contribution in [0.3, 0.4) is 0 Å². The molecule has 0 saturated heterocycles. The fraction of sp³-hybridized carbons (Fsp3) is 0.562. The predicted octanol–water partition coefficient (Wildman–Crippen LogP) is 1.24. The molecule has 1 atom stereocenters. The molecule has 24 heavy (non-hydrogen) atoms. The van der Waals surface area contributed by atoms with Gasteiger partial charge in [0.15, 0.2) is 6.04 Å². The largest absolute Gasteiger partial charge is 0.467 e. The molecule has 1 heterocycles. The fourth-order valence-corrected chi connectivity index (χ4v) is 3.46.